The maximum Gasteiger partial charge on any atom is 0.228 e. The molecular formula is C21H25N5O2. The van der Waals surface area contributed by atoms with Crippen molar-refractivity contribution in [3.63, 3.8) is 0 Å². The van der Waals surface area contributed by atoms with Gasteiger partial charge in [-0.1, -0.05) is 12.1 Å². The fourth-order valence-corrected chi connectivity index (χ4v) is 3.55. The van der Waals surface area contributed by atoms with E-state index in [1.807, 2.05) is 39.2 Å². The highest BCUT2D eigenvalue weighted by Crippen LogP contribution is 2.26. The van der Waals surface area contributed by atoms with Crippen LogP contribution in [0.2, 0.25) is 0 Å². The Morgan fingerprint density at radius 2 is 2.14 bits per heavy atom. The Morgan fingerprint density at radius 1 is 1.29 bits per heavy atom. The first-order valence-corrected chi connectivity index (χ1v) is 9.47. The van der Waals surface area contributed by atoms with Crippen LogP contribution < -0.4 is 10.6 Å². The number of carbonyl (C=O) groups is 1. The van der Waals surface area contributed by atoms with Crippen LogP contribution in [0.1, 0.15) is 19.2 Å². The highest BCUT2D eigenvalue weighted by atomic mass is 16.5. The molecule has 0 radical (unpaired) electrons. The molecule has 2 N–H and O–H groups in total. The number of nitrogens with one attached hydrogen (secondary N) is 2. The van der Waals surface area contributed by atoms with Crippen LogP contribution >= 0.6 is 0 Å². The first-order valence-electron chi connectivity index (χ1n) is 9.47. The maximum absolute atomic E-state index is 12.5. The number of aromatic nitrogens is 3. The quantitative estimate of drug-likeness (QED) is 0.728. The number of amides is 1. The highest BCUT2D eigenvalue weighted by molar-refractivity contribution is 5.94. The molecule has 0 aliphatic carbocycles. The van der Waals surface area contributed by atoms with Gasteiger partial charge in [0.25, 0.3) is 0 Å². The van der Waals surface area contributed by atoms with Crippen molar-refractivity contribution >= 4 is 22.5 Å². The van der Waals surface area contributed by atoms with Crippen molar-refractivity contribution < 1.29 is 9.53 Å². The summed E-state index contributed by atoms with van der Waals surface area (Å²) < 4.78 is 7.83. The number of pyridine rings is 1. The van der Waals surface area contributed by atoms with Gasteiger partial charge in [-0.25, -0.2) is 9.97 Å². The monoisotopic (exact) mass is 379 g/mol. The smallest absolute Gasteiger partial charge is 0.228 e. The van der Waals surface area contributed by atoms with E-state index in [0.29, 0.717) is 19.0 Å². The minimum atomic E-state index is -0.482. The van der Waals surface area contributed by atoms with E-state index in [1.54, 1.807) is 6.20 Å². The second-order valence-corrected chi connectivity index (χ2v) is 7.58. The zero-order valence-electron chi connectivity index (χ0n) is 16.5. The van der Waals surface area contributed by atoms with Crippen LogP contribution in [-0.2, 0) is 16.6 Å². The molecule has 146 valence electrons. The number of nitrogens with zero attached hydrogens (tertiary/aromatic N) is 3. The van der Waals surface area contributed by atoms with Gasteiger partial charge in [0.2, 0.25) is 5.91 Å². The molecule has 1 amide bonds. The lowest BCUT2D eigenvalue weighted by Crippen LogP contribution is -2.49. The van der Waals surface area contributed by atoms with Crippen molar-refractivity contribution in [2.75, 3.05) is 25.0 Å². The SMILES string of the molecule is Cc1ncc(-c2ccc3cnc(NC(=O)CC4(C)CNCCO4)cc3c2)n1C. The van der Waals surface area contributed by atoms with Crippen LogP contribution in [0.3, 0.4) is 0 Å². The summed E-state index contributed by atoms with van der Waals surface area (Å²) in [5.74, 6) is 1.41. The number of hydrogen-bond acceptors (Lipinski definition) is 5. The number of aryl methyl sites for hydroxylation is 1. The van der Waals surface area contributed by atoms with Gasteiger partial charge in [-0.15, -0.1) is 0 Å². The number of fused-ring (bicyclic) bond motifs is 1. The average molecular weight is 379 g/mol. The first-order chi connectivity index (χ1) is 13.4. The Kier molecular flexibility index (Phi) is 4.87. The Balaban J connectivity index is 1.55. The lowest BCUT2D eigenvalue weighted by molar-refractivity contribution is -0.125. The summed E-state index contributed by atoms with van der Waals surface area (Å²) in [5.41, 5.74) is 1.65. The van der Waals surface area contributed by atoms with E-state index in [-0.39, 0.29) is 12.3 Å². The molecule has 2 aromatic heterocycles. The van der Waals surface area contributed by atoms with E-state index in [9.17, 15) is 4.79 Å². The van der Waals surface area contributed by atoms with Gasteiger partial charge in [0.05, 0.1) is 30.5 Å². The summed E-state index contributed by atoms with van der Waals surface area (Å²) in [6.07, 6.45) is 3.94. The summed E-state index contributed by atoms with van der Waals surface area (Å²) >= 11 is 0. The summed E-state index contributed by atoms with van der Waals surface area (Å²) in [5, 5.41) is 8.21. The standard InChI is InChI=1S/C21H25N5O2/c1-14-23-12-18(26(14)3)15-4-5-16-11-24-19(9-17(16)8-15)25-20(27)10-21(2)13-22-6-7-28-21/h4-5,8-9,11-12,22H,6-7,10,13H2,1-3H3,(H,24,25,27). The lowest BCUT2D eigenvalue weighted by Gasteiger charge is -2.33. The lowest BCUT2D eigenvalue weighted by atomic mass is 10.0. The number of imidazole rings is 1. The van der Waals surface area contributed by atoms with Gasteiger partial charge in [-0.2, -0.15) is 0 Å². The Hall–Kier alpha value is -2.77. The van der Waals surface area contributed by atoms with Gasteiger partial charge in [0.15, 0.2) is 0 Å². The predicted molar refractivity (Wildman–Crippen MR) is 109 cm³/mol. The predicted octanol–water partition coefficient (Wildman–Crippen LogP) is 2.65. The first kappa shape index (κ1) is 18.6. The zero-order chi connectivity index (χ0) is 19.7. The molecule has 4 rings (SSSR count). The topological polar surface area (TPSA) is 81.1 Å². The molecule has 3 heterocycles. The molecule has 1 unspecified atom stereocenters. The van der Waals surface area contributed by atoms with Gasteiger partial charge in [-0.05, 0) is 31.4 Å². The van der Waals surface area contributed by atoms with Crippen molar-refractivity contribution in [1.29, 1.82) is 0 Å². The van der Waals surface area contributed by atoms with E-state index in [2.05, 4.69) is 37.3 Å². The number of benzene rings is 1. The fraction of sp³-hybridized carbons (Fsp3) is 0.381. The third-order valence-electron chi connectivity index (χ3n) is 5.27. The molecular weight excluding hydrogens is 354 g/mol. The number of ether oxygens (including phenoxy) is 1. The second-order valence-electron chi connectivity index (χ2n) is 7.58. The van der Waals surface area contributed by atoms with Crippen molar-refractivity contribution in [2.24, 2.45) is 7.05 Å². The fourth-order valence-electron chi connectivity index (χ4n) is 3.55. The van der Waals surface area contributed by atoms with E-state index >= 15 is 0 Å². The van der Waals surface area contributed by atoms with Crippen LogP contribution in [0.5, 0.6) is 0 Å². The van der Waals surface area contributed by atoms with E-state index in [0.717, 1.165) is 34.4 Å². The van der Waals surface area contributed by atoms with Crippen LogP contribution in [0.15, 0.2) is 36.7 Å². The van der Waals surface area contributed by atoms with Crippen LogP contribution in [-0.4, -0.2) is 45.7 Å². The van der Waals surface area contributed by atoms with Gasteiger partial charge in [0, 0.05) is 37.3 Å². The average Bonchev–Trinajstić information content (AvgIpc) is 3.00. The van der Waals surface area contributed by atoms with Gasteiger partial charge >= 0.3 is 0 Å². The molecule has 1 atom stereocenters. The Morgan fingerprint density at radius 3 is 2.86 bits per heavy atom. The summed E-state index contributed by atoms with van der Waals surface area (Å²) in [6, 6.07) is 8.10. The summed E-state index contributed by atoms with van der Waals surface area (Å²) in [7, 11) is 2.00. The molecule has 7 heteroatoms. The number of anilines is 1. The minimum absolute atomic E-state index is 0.100. The number of hydrogen-bond donors (Lipinski definition) is 2. The molecule has 1 aliphatic heterocycles. The molecule has 3 aromatic rings. The van der Waals surface area contributed by atoms with Crippen LogP contribution in [0.25, 0.3) is 22.0 Å². The molecule has 1 aliphatic rings. The van der Waals surface area contributed by atoms with E-state index in [1.165, 1.54) is 0 Å². The largest absolute Gasteiger partial charge is 0.372 e. The van der Waals surface area contributed by atoms with Gasteiger partial charge < -0.3 is 19.9 Å². The zero-order valence-corrected chi connectivity index (χ0v) is 16.5. The molecule has 7 nitrogen and oxygen atoms in total. The van der Waals surface area contributed by atoms with E-state index < -0.39 is 5.60 Å². The summed E-state index contributed by atoms with van der Waals surface area (Å²) in [4.78, 5) is 21.2. The molecule has 0 saturated carbocycles. The van der Waals surface area contributed by atoms with Crippen molar-refractivity contribution in [1.82, 2.24) is 19.9 Å². The molecule has 1 aromatic carbocycles. The maximum atomic E-state index is 12.5. The van der Waals surface area contributed by atoms with Crippen molar-refractivity contribution in [3.05, 3.63) is 42.5 Å². The van der Waals surface area contributed by atoms with Crippen molar-refractivity contribution in [3.8, 4) is 11.3 Å². The van der Waals surface area contributed by atoms with Crippen molar-refractivity contribution in [2.45, 2.75) is 25.9 Å². The van der Waals surface area contributed by atoms with Crippen LogP contribution in [0.4, 0.5) is 5.82 Å². The molecule has 1 saturated heterocycles. The van der Waals surface area contributed by atoms with Gasteiger partial charge in [-0.3, -0.25) is 4.79 Å². The molecule has 0 bridgehead atoms. The number of morpholine rings is 1. The molecule has 28 heavy (non-hydrogen) atoms. The molecule has 1 fully saturated rings. The normalized spacial score (nSPS) is 19.7. The minimum Gasteiger partial charge on any atom is -0.372 e. The summed E-state index contributed by atoms with van der Waals surface area (Å²) in [6.45, 7) is 6.04. The number of rotatable bonds is 4. The molecule has 0 spiro atoms. The number of carbonyl (C=O) groups excluding carboxylic acids is 1. The van der Waals surface area contributed by atoms with Crippen LogP contribution in [0, 0.1) is 6.92 Å². The highest BCUT2D eigenvalue weighted by Gasteiger charge is 2.30. The Labute approximate surface area is 164 Å². The van der Waals surface area contributed by atoms with Gasteiger partial charge in [0.1, 0.15) is 11.6 Å². The van der Waals surface area contributed by atoms with E-state index in [4.69, 9.17) is 4.74 Å². The third-order valence-corrected chi connectivity index (χ3v) is 5.27. The third kappa shape index (κ3) is 3.76. The Bertz CT molecular complexity index is 1020. The second kappa shape index (κ2) is 7.33.